The number of methoxy groups -OCH3 is 1. The first-order chi connectivity index (χ1) is 31.2. The van der Waals surface area contributed by atoms with E-state index in [4.69, 9.17) is 25.8 Å². The van der Waals surface area contributed by atoms with Crippen molar-refractivity contribution in [1.82, 2.24) is 14.5 Å². The number of piperazine rings is 1. The number of rotatable bonds is 13. The molecule has 1 atom stereocenters. The summed E-state index contributed by atoms with van der Waals surface area (Å²) in [4.78, 5) is 47.5. The average molecular weight is 926 g/mol. The first-order valence-corrected chi connectivity index (χ1v) is 23.4. The number of carbonyl (C=O) groups excluding carboxylic acids is 2. The van der Waals surface area contributed by atoms with Crippen LogP contribution in [0.15, 0.2) is 94.3 Å². The molecule has 8 rings (SSSR count). The van der Waals surface area contributed by atoms with Gasteiger partial charge in [-0.2, -0.15) is 0 Å². The van der Waals surface area contributed by atoms with Crippen molar-refractivity contribution < 1.29 is 37.1 Å². The van der Waals surface area contributed by atoms with E-state index in [1.54, 1.807) is 24.4 Å². The Morgan fingerprint density at radius 2 is 1.78 bits per heavy atom. The lowest BCUT2D eigenvalue weighted by Gasteiger charge is -2.39. The molecule has 16 nitrogen and oxygen atoms in total. The van der Waals surface area contributed by atoms with E-state index in [9.17, 15) is 28.1 Å². The van der Waals surface area contributed by atoms with Gasteiger partial charge in [-0.1, -0.05) is 55.3 Å². The monoisotopic (exact) mass is 925 g/mol. The van der Waals surface area contributed by atoms with E-state index in [1.165, 1.54) is 46.9 Å². The third kappa shape index (κ3) is 10.6. The normalized spacial score (nSPS) is 18.6. The molecule has 342 valence electrons. The van der Waals surface area contributed by atoms with Gasteiger partial charge in [0, 0.05) is 80.4 Å². The lowest BCUT2D eigenvalue weighted by atomic mass is 9.72. The number of carbonyl (C=O) groups is 2. The fraction of sp³-hybridized carbons (Fsp3) is 0.383. The van der Waals surface area contributed by atoms with Gasteiger partial charge < -0.3 is 29.3 Å². The van der Waals surface area contributed by atoms with Crippen molar-refractivity contribution in [3.05, 3.63) is 122 Å². The second kappa shape index (κ2) is 19.2. The molecule has 2 N–H and O–H groups in total. The molecule has 0 saturated carbocycles. The van der Waals surface area contributed by atoms with Crippen LogP contribution >= 0.6 is 11.6 Å². The number of nitro groups is 1. The summed E-state index contributed by atoms with van der Waals surface area (Å²) in [7, 11) is -3.35. The number of allylic oxidation sites excluding steroid dienone is 1. The zero-order chi connectivity index (χ0) is 45.9. The number of hydrogen-bond donors (Lipinski definition) is 2. The first-order valence-electron chi connectivity index (χ1n) is 21.6. The van der Waals surface area contributed by atoms with E-state index in [-0.39, 0.29) is 42.1 Å². The summed E-state index contributed by atoms with van der Waals surface area (Å²) in [5.41, 5.74) is 6.27. The largest absolute Gasteiger partial charge is 0.456 e. The molecule has 65 heavy (non-hydrogen) atoms. The Morgan fingerprint density at radius 1 is 1.00 bits per heavy atom. The van der Waals surface area contributed by atoms with Gasteiger partial charge in [0.05, 0.1) is 48.3 Å². The summed E-state index contributed by atoms with van der Waals surface area (Å²) in [6.07, 6.45) is 3.86. The predicted molar refractivity (Wildman–Crippen MR) is 249 cm³/mol. The summed E-state index contributed by atoms with van der Waals surface area (Å²) in [5, 5.41) is 15.8. The van der Waals surface area contributed by atoms with Gasteiger partial charge in [0.15, 0.2) is 0 Å². The number of anilines is 2. The fourth-order valence-electron chi connectivity index (χ4n) is 8.77. The molecule has 0 radical (unpaired) electrons. The summed E-state index contributed by atoms with van der Waals surface area (Å²) in [5.74, 6) is -0.388. The Morgan fingerprint density at radius 3 is 2.54 bits per heavy atom. The number of nitrogens with zero attached hydrogens (tertiary/aromatic N) is 5. The van der Waals surface area contributed by atoms with Gasteiger partial charge in [-0.15, -0.1) is 0 Å². The highest BCUT2D eigenvalue weighted by atomic mass is 35.5. The molecule has 3 aliphatic heterocycles. The van der Waals surface area contributed by atoms with Crippen LogP contribution in [0.2, 0.25) is 5.02 Å². The highest BCUT2D eigenvalue weighted by molar-refractivity contribution is 7.90. The number of ether oxygens (including phenoxy) is 3. The second-order valence-electron chi connectivity index (χ2n) is 17.4. The standard InChI is InChI=1S/C47H52ClN7O9S/c1-47(2)16-15-33(39(25-47)31-7-9-34(48)10-8-31)29-52-17-19-53(20-18-52)35-11-13-38(44(23-35)64-43-6-4-5-32-26-49-28-40(32)43)45(56)51-65(60,61)37-12-14-41(42(24-37)55(58)59)50-27-36-30-54(21-22-63-36)46(57)62-3/h4-14,23-24,28,36,50H,15-22,25-27,29-30H2,1-3H3,(H,51,56). The van der Waals surface area contributed by atoms with E-state index in [1.807, 2.05) is 24.3 Å². The van der Waals surface area contributed by atoms with Crippen LogP contribution in [-0.4, -0.2) is 114 Å². The van der Waals surface area contributed by atoms with Crippen LogP contribution in [0.5, 0.6) is 11.5 Å². The third-order valence-corrected chi connectivity index (χ3v) is 14.0. The summed E-state index contributed by atoms with van der Waals surface area (Å²) < 4.78 is 46.6. The molecule has 1 aliphatic carbocycles. The maximum atomic E-state index is 14.0. The maximum Gasteiger partial charge on any atom is 0.409 e. The van der Waals surface area contributed by atoms with Gasteiger partial charge in [-0.25, -0.2) is 17.9 Å². The lowest BCUT2D eigenvalue weighted by molar-refractivity contribution is -0.384. The van der Waals surface area contributed by atoms with Gasteiger partial charge in [0.1, 0.15) is 17.2 Å². The van der Waals surface area contributed by atoms with Crippen molar-refractivity contribution in [3.63, 3.8) is 0 Å². The van der Waals surface area contributed by atoms with Crippen molar-refractivity contribution in [2.24, 2.45) is 10.4 Å². The zero-order valence-electron chi connectivity index (χ0n) is 36.5. The van der Waals surface area contributed by atoms with E-state index < -0.39 is 43.6 Å². The van der Waals surface area contributed by atoms with E-state index in [0.717, 1.165) is 66.8 Å². The molecule has 0 aromatic heterocycles. The molecule has 18 heteroatoms. The van der Waals surface area contributed by atoms with Crippen LogP contribution in [0.25, 0.3) is 5.57 Å². The number of amides is 2. The van der Waals surface area contributed by atoms with Crippen LogP contribution in [0, 0.1) is 15.5 Å². The highest BCUT2D eigenvalue weighted by Crippen LogP contribution is 2.43. The Kier molecular flexibility index (Phi) is 13.5. The number of sulfonamides is 1. The first kappa shape index (κ1) is 45.6. The number of halogens is 1. The number of nitrogens with one attached hydrogen (secondary N) is 2. The van der Waals surface area contributed by atoms with Crippen molar-refractivity contribution in [1.29, 1.82) is 0 Å². The maximum absolute atomic E-state index is 14.0. The number of morpholine rings is 1. The Balaban J connectivity index is 0.992. The topological polar surface area (TPSA) is 185 Å². The van der Waals surface area contributed by atoms with Crippen LogP contribution in [0.1, 0.15) is 60.2 Å². The van der Waals surface area contributed by atoms with Crippen LogP contribution in [0.3, 0.4) is 0 Å². The molecule has 0 bridgehead atoms. The molecule has 4 aliphatic rings. The SMILES string of the molecule is COC(=O)N1CCOC(CNc2ccc(S(=O)(=O)NC(=O)c3ccc(N4CCN(CC5=C(c6ccc(Cl)cc6)CC(C)(C)CC5)CC4)cc3Oc3cccc4c3C=NC4)cc2[N+](=O)[O-])C1. The minimum absolute atomic E-state index is 0.0305. The van der Waals surface area contributed by atoms with Crippen LogP contribution in [-0.2, 0) is 26.0 Å². The Bertz CT molecular complexity index is 2650. The van der Waals surface area contributed by atoms with E-state index >= 15 is 0 Å². The number of hydrogen-bond acceptors (Lipinski definition) is 13. The summed E-state index contributed by atoms with van der Waals surface area (Å²) in [6.45, 7) is 9.93. The average Bonchev–Trinajstić information content (AvgIpc) is 3.79. The summed E-state index contributed by atoms with van der Waals surface area (Å²) >= 11 is 6.24. The molecule has 1 unspecified atom stereocenters. The molecule has 2 saturated heterocycles. The molecule has 2 amide bonds. The number of nitro benzene ring substituents is 1. The number of fused-ring (bicyclic) bond motifs is 1. The zero-order valence-corrected chi connectivity index (χ0v) is 38.1. The van der Waals surface area contributed by atoms with Crippen molar-refractivity contribution >= 4 is 62.5 Å². The highest BCUT2D eigenvalue weighted by Gasteiger charge is 2.31. The smallest absolute Gasteiger partial charge is 0.409 e. The molecule has 2 fully saturated rings. The molecule has 0 spiro atoms. The lowest BCUT2D eigenvalue weighted by Crippen LogP contribution is -2.47. The predicted octanol–water partition coefficient (Wildman–Crippen LogP) is 7.76. The number of aliphatic imine (C=N–C) groups is 1. The van der Waals surface area contributed by atoms with Crippen molar-refractivity contribution in [2.45, 2.75) is 50.7 Å². The fourth-order valence-corrected chi connectivity index (χ4v) is 9.88. The van der Waals surface area contributed by atoms with Crippen LogP contribution < -0.4 is 19.7 Å². The number of benzene rings is 4. The van der Waals surface area contributed by atoms with Crippen molar-refractivity contribution in [3.8, 4) is 11.5 Å². The Hall–Kier alpha value is -6.01. The van der Waals surface area contributed by atoms with E-state index in [0.29, 0.717) is 31.9 Å². The van der Waals surface area contributed by atoms with Gasteiger partial charge in [0.25, 0.3) is 21.6 Å². The molecular formula is C47H52ClN7O9S. The quantitative estimate of drug-likeness (QED) is 0.0983. The summed E-state index contributed by atoms with van der Waals surface area (Å²) in [6, 6.07) is 22.1. The van der Waals surface area contributed by atoms with Gasteiger partial charge in [-0.05, 0) is 83.8 Å². The minimum atomic E-state index is -4.63. The van der Waals surface area contributed by atoms with Gasteiger partial charge in [0.2, 0.25) is 0 Å². The second-order valence-corrected chi connectivity index (χ2v) is 19.6. The molecule has 4 aromatic carbocycles. The Labute approximate surface area is 383 Å². The van der Waals surface area contributed by atoms with Gasteiger partial charge >= 0.3 is 6.09 Å². The molecular weight excluding hydrogens is 874 g/mol. The van der Waals surface area contributed by atoms with Crippen LogP contribution in [0.4, 0.5) is 21.9 Å². The van der Waals surface area contributed by atoms with E-state index in [2.05, 4.69) is 50.8 Å². The molecule has 4 aromatic rings. The minimum Gasteiger partial charge on any atom is -0.456 e. The van der Waals surface area contributed by atoms with Crippen molar-refractivity contribution in [2.75, 3.05) is 76.3 Å². The molecule has 3 heterocycles. The van der Waals surface area contributed by atoms with Gasteiger partial charge in [-0.3, -0.25) is 24.8 Å². The third-order valence-electron chi connectivity index (χ3n) is 12.4.